The van der Waals surface area contributed by atoms with Gasteiger partial charge in [-0.1, -0.05) is 25.1 Å². The summed E-state index contributed by atoms with van der Waals surface area (Å²) in [4.78, 5) is 19.7. The molecule has 1 amide bonds. The lowest BCUT2D eigenvalue weighted by Crippen LogP contribution is -2.41. The first kappa shape index (κ1) is 23.1. The van der Waals surface area contributed by atoms with Crippen LogP contribution in [0.4, 0.5) is 0 Å². The number of thioether (sulfide) groups is 1. The van der Waals surface area contributed by atoms with Gasteiger partial charge in [0.2, 0.25) is 5.91 Å². The maximum Gasteiger partial charge on any atom is 0.221 e. The molecular formula is C19H31IN4OS. The Morgan fingerprint density at radius 2 is 2.04 bits per heavy atom. The standard InChI is InChI=1S/C19H30N4OS.HI/c1-3-11-21-18(24)9-12-22-19(20-2)23-13-10-16(14-23)15-25-17-7-5-4-6-8-17;/h4-8,16H,3,9-15H2,1-2H3,(H,20,22)(H,21,24);1H. The van der Waals surface area contributed by atoms with Crippen LogP contribution in [0.25, 0.3) is 0 Å². The van der Waals surface area contributed by atoms with Crippen LogP contribution in [-0.4, -0.2) is 55.7 Å². The lowest BCUT2D eigenvalue weighted by molar-refractivity contribution is -0.120. The van der Waals surface area contributed by atoms with Crippen LogP contribution >= 0.6 is 35.7 Å². The Morgan fingerprint density at radius 1 is 1.27 bits per heavy atom. The Balaban J connectivity index is 0.00000338. The van der Waals surface area contributed by atoms with Crippen LogP contribution < -0.4 is 10.6 Å². The maximum atomic E-state index is 11.7. The Bertz CT molecular complexity index is 556. The lowest BCUT2D eigenvalue weighted by Gasteiger charge is -2.21. The summed E-state index contributed by atoms with van der Waals surface area (Å²) in [6.07, 6.45) is 2.65. The first-order chi connectivity index (χ1) is 12.2. The number of hydrogen-bond donors (Lipinski definition) is 2. The van der Waals surface area contributed by atoms with Crippen LogP contribution in [0.2, 0.25) is 0 Å². The van der Waals surface area contributed by atoms with Crippen molar-refractivity contribution in [2.45, 2.75) is 31.1 Å². The Hall–Kier alpha value is -0.960. The molecule has 1 aromatic rings. The van der Waals surface area contributed by atoms with E-state index in [-0.39, 0.29) is 29.9 Å². The molecular weight excluding hydrogens is 459 g/mol. The predicted octanol–water partition coefficient (Wildman–Crippen LogP) is 3.21. The summed E-state index contributed by atoms with van der Waals surface area (Å²) in [7, 11) is 1.81. The van der Waals surface area contributed by atoms with Gasteiger partial charge in [-0.15, -0.1) is 35.7 Å². The largest absolute Gasteiger partial charge is 0.356 e. The second-order valence-corrected chi connectivity index (χ2v) is 7.39. The van der Waals surface area contributed by atoms with Crippen molar-refractivity contribution in [3.05, 3.63) is 30.3 Å². The Morgan fingerprint density at radius 3 is 2.73 bits per heavy atom. The smallest absolute Gasteiger partial charge is 0.221 e. The SMILES string of the molecule is CCCNC(=O)CCNC(=NC)N1CCC(CSc2ccccc2)C1.I. The molecule has 1 fully saturated rings. The summed E-state index contributed by atoms with van der Waals surface area (Å²) in [6.45, 7) is 5.49. The minimum Gasteiger partial charge on any atom is -0.356 e. The number of rotatable bonds is 8. The lowest BCUT2D eigenvalue weighted by atomic mass is 10.2. The fraction of sp³-hybridized carbons (Fsp3) is 0.579. The molecule has 1 aromatic carbocycles. The average Bonchev–Trinajstić information content (AvgIpc) is 3.11. The third-order valence-corrected chi connectivity index (χ3v) is 5.48. The molecule has 0 saturated carbocycles. The average molecular weight is 490 g/mol. The summed E-state index contributed by atoms with van der Waals surface area (Å²) in [5.41, 5.74) is 0. The molecule has 7 heteroatoms. The van der Waals surface area contributed by atoms with Crippen LogP contribution in [0.3, 0.4) is 0 Å². The summed E-state index contributed by atoms with van der Waals surface area (Å²) >= 11 is 1.93. The molecule has 0 aromatic heterocycles. The summed E-state index contributed by atoms with van der Waals surface area (Å²) < 4.78 is 0. The molecule has 1 aliphatic heterocycles. The number of benzene rings is 1. The minimum atomic E-state index is 0. The van der Waals surface area contributed by atoms with Crippen molar-refractivity contribution in [1.29, 1.82) is 0 Å². The number of carbonyl (C=O) groups excluding carboxylic acids is 1. The third-order valence-electron chi connectivity index (χ3n) is 4.23. The van der Waals surface area contributed by atoms with Gasteiger partial charge >= 0.3 is 0 Å². The highest BCUT2D eigenvalue weighted by molar-refractivity contribution is 14.0. The van der Waals surface area contributed by atoms with Gasteiger partial charge in [-0.25, -0.2) is 0 Å². The van der Waals surface area contributed by atoms with E-state index >= 15 is 0 Å². The minimum absolute atomic E-state index is 0. The van der Waals surface area contributed by atoms with Crippen LogP contribution in [-0.2, 0) is 4.79 Å². The highest BCUT2D eigenvalue weighted by Gasteiger charge is 2.24. The van der Waals surface area contributed by atoms with Crippen molar-refractivity contribution in [1.82, 2.24) is 15.5 Å². The van der Waals surface area contributed by atoms with Gasteiger partial charge in [0.1, 0.15) is 0 Å². The van der Waals surface area contributed by atoms with Crippen LogP contribution in [0.1, 0.15) is 26.2 Å². The van der Waals surface area contributed by atoms with Gasteiger partial charge in [-0.2, -0.15) is 0 Å². The van der Waals surface area contributed by atoms with Gasteiger partial charge in [-0.05, 0) is 30.9 Å². The first-order valence-corrected chi connectivity index (χ1v) is 10.1. The van der Waals surface area contributed by atoms with E-state index in [9.17, 15) is 4.79 Å². The van der Waals surface area contributed by atoms with Crippen LogP contribution in [0.5, 0.6) is 0 Å². The van der Waals surface area contributed by atoms with E-state index in [4.69, 9.17) is 0 Å². The topological polar surface area (TPSA) is 56.7 Å². The molecule has 26 heavy (non-hydrogen) atoms. The molecule has 2 rings (SSSR count). The summed E-state index contributed by atoms with van der Waals surface area (Å²) in [5.74, 6) is 2.83. The fourth-order valence-corrected chi connectivity index (χ4v) is 3.91. The Kier molecular flexibility index (Phi) is 11.8. The molecule has 1 atom stereocenters. The molecule has 1 aliphatic rings. The molecule has 5 nitrogen and oxygen atoms in total. The van der Waals surface area contributed by atoms with Crippen molar-refractivity contribution in [2.75, 3.05) is 39.0 Å². The van der Waals surface area contributed by atoms with Crippen molar-refractivity contribution in [3.8, 4) is 0 Å². The zero-order chi connectivity index (χ0) is 17.9. The van der Waals surface area contributed by atoms with Gasteiger partial charge in [0.25, 0.3) is 0 Å². The zero-order valence-electron chi connectivity index (χ0n) is 15.7. The highest BCUT2D eigenvalue weighted by atomic mass is 127. The molecule has 2 N–H and O–H groups in total. The summed E-state index contributed by atoms with van der Waals surface area (Å²) in [5, 5.41) is 6.22. The number of hydrogen-bond acceptors (Lipinski definition) is 3. The number of nitrogens with one attached hydrogen (secondary N) is 2. The van der Waals surface area contributed by atoms with E-state index in [1.165, 1.54) is 11.3 Å². The van der Waals surface area contributed by atoms with Crippen molar-refractivity contribution < 1.29 is 4.79 Å². The van der Waals surface area contributed by atoms with Crippen LogP contribution in [0, 0.1) is 5.92 Å². The molecule has 0 bridgehead atoms. The third kappa shape index (κ3) is 8.16. The normalized spacial score (nSPS) is 16.9. The van der Waals surface area contributed by atoms with Gasteiger partial charge in [0.15, 0.2) is 5.96 Å². The summed E-state index contributed by atoms with van der Waals surface area (Å²) in [6, 6.07) is 10.6. The van der Waals surface area contributed by atoms with Crippen molar-refractivity contribution in [2.24, 2.45) is 10.9 Å². The van der Waals surface area contributed by atoms with Crippen LogP contribution in [0.15, 0.2) is 40.2 Å². The molecule has 0 spiro atoms. The number of halogens is 1. The maximum absolute atomic E-state index is 11.7. The fourth-order valence-electron chi connectivity index (χ4n) is 2.86. The number of aliphatic imine (C=N–C) groups is 1. The molecule has 0 aliphatic carbocycles. The number of likely N-dealkylation sites (tertiary alicyclic amines) is 1. The van der Waals surface area contributed by atoms with E-state index in [1.54, 1.807) is 0 Å². The van der Waals surface area contributed by atoms with E-state index in [1.807, 2.05) is 18.8 Å². The monoisotopic (exact) mass is 490 g/mol. The molecule has 1 unspecified atom stereocenters. The van der Waals surface area contributed by atoms with Crippen molar-refractivity contribution >= 4 is 47.6 Å². The van der Waals surface area contributed by atoms with Gasteiger partial charge in [0, 0.05) is 50.3 Å². The zero-order valence-corrected chi connectivity index (χ0v) is 18.9. The van der Waals surface area contributed by atoms with E-state index in [2.05, 4.69) is 57.8 Å². The van der Waals surface area contributed by atoms with E-state index in [0.29, 0.717) is 18.9 Å². The second-order valence-electron chi connectivity index (χ2n) is 6.30. The number of nitrogens with zero attached hydrogens (tertiary/aromatic N) is 2. The molecule has 1 heterocycles. The predicted molar refractivity (Wildman–Crippen MR) is 122 cm³/mol. The number of amides is 1. The molecule has 0 radical (unpaired) electrons. The molecule has 146 valence electrons. The number of guanidine groups is 1. The Labute approximate surface area is 178 Å². The highest BCUT2D eigenvalue weighted by Crippen LogP contribution is 2.25. The quantitative estimate of drug-likeness (QED) is 0.254. The van der Waals surface area contributed by atoms with E-state index in [0.717, 1.165) is 37.8 Å². The van der Waals surface area contributed by atoms with Gasteiger partial charge in [-0.3, -0.25) is 9.79 Å². The first-order valence-electron chi connectivity index (χ1n) is 9.13. The second kappa shape index (κ2) is 13.2. The van der Waals surface area contributed by atoms with Gasteiger partial charge < -0.3 is 15.5 Å². The number of carbonyl (C=O) groups is 1. The molecule has 1 saturated heterocycles. The van der Waals surface area contributed by atoms with E-state index < -0.39 is 0 Å². The van der Waals surface area contributed by atoms with Gasteiger partial charge in [0.05, 0.1) is 0 Å². The van der Waals surface area contributed by atoms with Crippen molar-refractivity contribution in [3.63, 3.8) is 0 Å².